The van der Waals surface area contributed by atoms with Gasteiger partial charge < -0.3 is 4.42 Å². The normalized spacial score (nSPS) is 15.7. The van der Waals surface area contributed by atoms with Crippen molar-refractivity contribution in [2.45, 2.75) is 33.2 Å². The van der Waals surface area contributed by atoms with E-state index in [4.69, 9.17) is 10.3 Å². The molecule has 0 aliphatic rings. The molecule has 1 heterocycles. The van der Waals surface area contributed by atoms with E-state index in [9.17, 15) is 0 Å². The standard InChI is InChI=1S/C10H18N2O/c1-4-7(2)10(12-11)9-5-6-13-8(9)3/h5-7,10,12H,4,11H2,1-3H3. The maximum Gasteiger partial charge on any atom is 0.105 e. The molecular weight excluding hydrogens is 164 g/mol. The van der Waals surface area contributed by atoms with Crippen LogP contribution in [-0.4, -0.2) is 0 Å². The number of hydrogen-bond donors (Lipinski definition) is 2. The molecule has 0 amide bonds. The highest BCUT2D eigenvalue weighted by Gasteiger charge is 2.19. The second-order valence-corrected chi connectivity index (χ2v) is 3.46. The summed E-state index contributed by atoms with van der Waals surface area (Å²) in [5.74, 6) is 6.98. The second-order valence-electron chi connectivity index (χ2n) is 3.46. The third kappa shape index (κ3) is 2.11. The van der Waals surface area contributed by atoms with Gasteiger partial charge in [0, 0.05) is 5.56 Å². The van der Waals surface area contributed by atoms with E-state index in [0.717, 1.165) is 17.7 Å². The van der Waals surface area contributed by atoms with Gasteiger partial charge in [0.1, 0.15) is 5.76 Å². The predicted octanol–water partition coefficient (Wildman–Crippen LogP) is 2.14. The van der Waals surface area contributed by atoms with Crippen LogP contribution in [0.1, 0.15) is 37.6 Å². The third-order valence-corrected chi connectivity index (χ3v) is 2.63. The second kappa shape index (κ2) is 4.44. The monoisotopic (exact) mass is 182 g/mol. The quantitative estimate of drug-likeness (QED) is 0.554. The zero-order chi connectivity index (χ0) is 9.84. The van der Waals surface area contributed by atoms with Crippen LogP contribution in [0.5, 0.6) is 0 Å². The summed E-state index contributed by atoms with van der Waals surface area (Å²) in [4.78, 5) is 0. The summed E-state index contributed by atoms with van der Waals surface area (Å²) < 4.78 is 5.25. The van der Waals surface area contributed by atoms with Gasteiger partial charge in [0.2, 0.25) is 0 Å². The molecule has 0 aliphatic heterocycles. The van der Waals surface area contributed by atoms with E-state index < -0.39 is 0 Å². The van der Waals surface area contributed by atoms with Crippen LogP contribution in [0.3, 0.4) is 0 Å². The molecule has 3 nitrogen and oxygen atoms in total. The van der Waals surface area contributed by atoms with Crippen LogP contribution in [0.2, 0.25) is 0 Å². The average molecular weight is 182 g/mol. The summed E-state index contributed by atoms with van der Waals surface area (Å²) in [5.41, 5.74) is 4.00. The molecule has 1 aromatic heterocycles. The molecule has 0 bridgehead atoms. The highest BCUT2D eigenvalue weighted by molar-refractivity contribution is 5.20. The van der Waals surface area contributed by atoms with E-state index >= 15 is 0 Å². The lowest BCUT2D eigenvalue weighted by Crippen LogP contribution is -2.32. The van der Waals surface area contributed by atoms with Gasteiger partial charge in [0.05, 0.1) is 12.3 Å². The Labute approximate surface area is 79.3 Å². The first-order valence-electron chi connectivity index (χ1n) is 4.70. The predicted molar refractivity (Wildman–Crippen MR) is 53.0 cm³/mol. The molecule has 0 aromatic carbocycles. The van der Waals surface area contributed by atoms with E-state index in [-0.39, 0.29) is 6.04 Å². The van der Waals surface area contributed by atoms with Gasteiger partial charge in [-0.25, -0.2) is 0 Å². The first kappa shape index (κ1) is 10.3. The van der Waals surface area contributed by atoms with Crippen molar-refractivity contribution in [1.82, 2.24) is 5.43 Å². The van der Waals surface area contributed by atoms with Crippen molar-refractivity contribution >= 4 is 0 Å². The number of aryl methyl sites for hydroxylation is 1. The lowest BCUT2D eigenvalue weighted by molar-refractivity contribution is 0.376. The molecule has 1 aromatic rings. The first-order valence-corrected chi connectivity index (χ1v) is 4.70. The third-order valence-electron chi connectivity index (χ3n) is 2.63. The summed E-state index contributed by atoms with van der Waals surface area (Å²) >= 11 is 0. The Kier molecular flexibility index (Phi) is 3.51. The Bertz CT molecular complexity index is 257. The zero-order valence-corrected chi connectivity index (χ0v) is 8.50. The van der Waals surface area contributed by atoms with Crippen LogP contribution < -0.4 is 11.3 Å². The van der Waals surface area contributed by atoms with Crippen molar-refractivity contribution in [3.05, 3.63) is 23.7 Å². The van der Waals surface area contributed by atoms with Crippen LogP contribution in [0.15, 0.2) is 16.7 Å². The number of furan rings is 1. The highest BCUT2D eigenvalue weighted by atomic mass is 16.3. The minimum Gasteiger partial charge on any atom is -0.469 e. The SMILES string of the molecule is CCC(C)C(NN)c1ccoc1C. The Morgan fingerprint density at radius 3 is 2.69 bits per heavy atom. The topological polar surface area (TPSA) is 51.2 Å². The average Bonchev–Trinajstić information content (AvgIpc) is 2.53. The molecule has 3 heteroatoms. The van der Waals surface area contributed by atoms with Gasteiger partial charge in [0.25, 0.3) is 0 Å². The van der Waals surface area contributed by atoms with Crippen LogP contribution >= 0.6 is 0 Å². The fraction of sp³-hybridized carbons (Fsp3) is 0.600. The molecule has 0 spiro atoms. The van der Waals surface area contributed by atoms with Gasteiger partial charge in [-0.05, 0) is 18.9 Å². The van der Waals surface area contributed by atoms with Gasteiger partial charge in [0.15, 0.2) is 0 Å². The molecule has 0 aliphatic carbocycles. The molecule has 0 fully saturated rings. The van der Waals surface area contributed by atoms with Crippen molar-refractivity contribution in [2.24, 2.45) is 11.8 Å². The van der Waals surface area contributed by atoms with Crippen LogP contribution in [0, 0.1) is 12.8 Å². The molecule has 2 atom stereocenters. The van der Waals surface area contributed by atoms with Gasteiger partial charge >= 0.3 is 0 Å². The van der Waals surface area contributed by atoms with Crippen LogP contribution in [0.4, 0.5) is 0 Å². The lowest BCUT2D eigenvalue weighted by atomic mass is 9.93. The summed E-state index contributed by atoms with van der Waals surface area (Å²) in [6, 6.07) is 2.18. The van der Waals surface area contributed by atoms with E-state index in [1.54, 1.807) is 6.26 Å². The van der Waals surface area contributed by atoms with Gasteiger partial charge in [-0.2, -0.15) is 0 Å². The van der Waals surface area contributed by atoms with E-state index in [1.165, 1.54) is 0 Å². The fourth-order valence-corrected chi connectivity index (χ4v) is 1.51. The molecular formula is C10H18N2O. The van der Waals surface area contributed by atoms with E-state index in [0.29, 0.717) is 5.92 Å². The number of nitrogens with two attached hydrogens (primary N) is 1. The summed E-state index contributed by atoms with van der Waals surface area (Å²) in [7, 11) is 0. The van der Waals surface area contributed by atoms with Crippen molar-refractivity contribution in [2.75, 3.05) is 0 Å². The number of hydrazine groups is 1. The molecule has 0 saturated carbocycles. The zero-order valence-electron chi connectivity index (χ0n) is 8.50. The maximum atomic E-state index is 5.52. The largest absolute Gasteiger partial charge is 0.469 e. The van der Waals surface area contributed by atoms with Crippen molar-refractivity contribution in [3.8, 4) is 0 Å². The smallest absolute Gasteiger partial charge is 0.105 e. The summed E-state index contributed by atoms with van der Waals surface area (Å²) in [6.07, 6.45) is 2.80. The Morgan fingerprint density at radius 2 is 2.31 bits per heavy atom. The first-order chi connectivity index (χ1) is 6.20. The lowest BCUT2D eigenvalue weighted by Gasteiger charge is -2.21. The Morgan fingerprint density at radius 1 is 1.62 bits per heavy atom. The molecule has 0 radical (unpaired) electrons. The van der Waals surface area contributed by atoms with Crippen molar-refractivity contribution in [3.63, 3.8) is 0 Å². The summed E-state index contributed by atoms with van der Waals surface area (Å²) in [5, 5.41) is 0. The van der Waals surface area contributed by atoms with E-state index in [2.05, 4.69) is 19.3 Å². The minimum absolute atomic E-state index is 0.198. The minimum atomic E-state index is 0.198. The Hall–Kier alpha value is -0.800. The maximum absolute atomic E-state index is 5.52. The molecule has 1 rings (SSSR count). The fourth-order valence-electron chi connectivity index (χ4n) is 1.51. The molecule has 13 heavy (non-hydrogen) atoms. The molecule has 3 N–H and O–H groups in total. The van der Waals surface area contributed by atoms with Gasteiger partial charge in [-0.1, -0.05) is 20.3 Å². The van der Waals surface area contributed by atoms with Crippen LogP contribution in [-0.2, 0) is 0 Å². The van der Waals surface area contributed by atoms with E-state index in [1.807, 2.05) is 13.0 Å². The number of hydrogen-bond acceptors (Lipinski definition) is 3. The van der Waals surface area contributed by atoms with Gasteiger partial charge in [-0.15, -0.1) is 0 Å². The highest BCUT2D eigenvalue weighted by Crippen LogP contribution is 2.26. The Balaban J connectivity index is 2.84. The molecule has 74 valence electrons. The van der Waals surface area contributed by atoms with Gasteiger partial charge in [-0.3, -0.25) is 11.3 Å². The molecule has 0 saturated heterocycles. The summed E-state index contributed by atoms with van der Waals surface area (Å²) in [6.45, 7) is 6.30. The van der Waals surface area contributed by atoms with Crippen molar-refractivity contribution in [1.29, 1.82) is 0 Å². The van der Waals surface area contributed by atoms with Crippen molar-refractivity contribution < 1.29 is 4.42 Å². The number of rotatable bonds is 4. The van der Waals surface area contributed by atoms with Crippen LogP contribution in [0.25, 0.3) is 0 Å². The molecule has 2 unspecified atom stereocenters. The number of nitrogens with one attached hydrogen (secondary N) is 1.